The highest BCUT2D eigenvalue weighted by molar-refractivity contribution is 8.17. The van der Waals surface area contributed by atoms with Crippen LogP contribution in [-0.2, 0) is 9.53 Å². The summed E-state index contributed by atoms with van der Waals surface area (Å²) in [6.45, 7) is 7.27. The predicted molar refractivity (Wildman–Crippen MR) is 58.3 cm³/mol. The van der Waals surface area contributed by atoms with Gasteiger partial charge >= 0.3 is 5.97 Å². The standard InChI is InChI=1S/C9H14N2O2S/c1-3-13-8(12)4-5-10-9-11-6-7(2)14-9/h2-6H2,1H3,(H,10,11). The molecule has 0 bridgehead atoms. The number of amidine groups is 1. The maximum absolute atomic E-state index is 11.0. The second kappa shape index (κ2) is 5.70. The number of aliphatic imine (C=N–C) groups is 1. The molecular weight excluding hydrogens is 200 g/mol. The third-order valence-corrected chi connectivity index (χ3v) is 2.44. The van der Waals surface area contributed by atoms with E-state index in [9.17, 15) is 4.79 Å². The van der Waals surface area contributed by atoms with Gasteiger partial charge < -0.3 is 10.1 Å². The number of thioether (sulfide) groups is 1. The van der Waals surface area contributed by atoms with Crippen LogP contribution in [0.25, 0.3) is 0 Å². The summed E-state index contributed by atoms with van der Waals surface area (Å²) in [6, 6.07) is 0. The minimum atomic E-state index is -0.178. The second-order valence-corrected chi connectivity index (χ2v) is 3.91. The van der Waals surface area contributed by atoms with E-state index >= 15 is 0 Å². The van der Waals surface area contributed by atoms with Crippen molar-refractivity contribution < 1.29 is 9.53 Å². The van der Waals surface area contributed by atoms with E-state index in [1.165, 1.54) is 11.8 Å². The average molecular weight is 214 g/mol. The Labute approximate surface area is 87.8 Å². The Morgan fingerprint density at radius 2 is 2.57 bits per heavy atom. The molecule has 0 atom stereocenters. The summed E-state index contributed by atoms with van der Waals surface area (Å²) in [6.07, 6.45) is 0.375. The number of hydrogen-bond donors (Lipinski definition) is 1. The summed E-state index contributed by atoms with van der Waals surface area (Å²) in [5.41, 5.74) is 0. The first-order valence-electron chi connectivity index (χ1n) is 4.52. The SMILES string of the molecule is C=C1CN=C(NCCC(=O)OCC)S1. The minimum Gasteiger partial charge on any atom is -0.466 e. The molecule has 1 rings (SSSR count). The van der Waals surface area contributed by atoms with E-state index in [4.69, 9.17) is 4.74 Å². The molecule has 4 nitrogen and oxygen atoms in total. The van der Waals surface area contributed by atoms with E-state index in [1.54, 1.807) is 6.92 Å². The topological polar surface area (TPSA) is 50.7 Å². The summed E-state index contributed by atoms with van der Waals surface area (Å²) in [5, 5.41) is 3.90. The molecule has 1 aliphatic heterocycles. The summed E-state index contributed by atoms with van der Waals surface area (Å²) in [7, 11) is 0. The molecule has 0 spiro atoms. The fraction of sp³-hybridized carbons (Fsp3) is 0.556. The van der Waals surface area contributed by atoms with Crippen molar-refractivity contribution in [2.75, 3.05) is 19.7 Å². The number of carbonyl (C=O) groups excluding carboxylic acids is 1. The highest BCUT2D eigenvalue weighted by Crippen LogP contribution is 2.20. The van der Waals surface area contributed by atoms with E-state index in [-0.39, 0.29) is 5.97 Å². The van der Waals surface area contributed by atoms with Crippen molar-refractivity contribution in [3.05, 3.63) is 11.5 Å². The fourth-order valence-corrected chi connectivity index (χ4v) is 1.66. The lowest BCUT2D eigenvalue weighted by Crippen LogP contribution is -2.23. The Kier molecular flexibility index (Phi) is 4.52. The lowest BCUT2D eigenvalue weighted by molar-refractivity contribution is -0.142. The zero-order chi connectivity index (χ0) is 10.4. The van der Waals surface area contributed by atoms with Gasteiger partial charge in [0.05, 0.1) is 19.6 Å². The highest BCUT2D eigenvalue weighted by Gasteiger charge is 2.10. The quantitative estimate of drug-likeness (QED) is 0.713. The van der Waals surface area contributed by atoms with E-state index in [1.807, 2.05) is 0 Å². The molecule has 1 N–H and O–H groups in total. The molecule has 0 fully saturated rings. The highest BCUT2D eigenvalue weighted by atomic mass is 32.2. The van der Waals surface area contributed by atoms with Gasteiger partial charge in [-0.25, -0.2) is 0 Å². The Morgan fingerprint density at radius 1 is 1.79 bits per heavy atom. The number of rotatable bonds is 4. The molecule has 0 saturated carbocycles. The molecule has 0 aliphatic carbocycles. The van der Waals surface area contributed by atoms with Crippen LogP contribution >= 0.6 is 11.8 Å². The van der Waals surface area contributed by atoms with E-state index in [2.05, 4.69) is 16.9 Å². The lowest BCUT2D eigenvalue weighted by atomic mass is 10.4. The van der Waals surface area contributed by atoms with Crippen LogP contribution in [0, 0.1) is 0 Å². The van der Waals surface area contributed by atoms with Crippen LogP contribution in [0.1, 0.15) is 13.3 Å². The smallest absolute Gasteiger partial charge is 0.307 e. The third kappa shape index (κ3) is 3.83. The van der Waals surface area contributed by atoms with Crippen molar-refractivity contribution in [2.45, 2.75) is 13.3 Å². The minimum absolute atomic E-state index is 0.178. The fourth-order valence-electron chi connectivity index (χ4n) is 0.958. The summed E-state index contributed by atoms with van der Waals surface area (Å²) >= 11 is 1.52. The molecule has 0 unspecified atom stereocenters. The van der Waals surface area contributed by atoms with Gasteiger partial charge in [-0.2, -0.15) is 0 Å². The summed E-state index contributed by atoms with van der Waals surface area (Å²) in [5.74, 6) is -0.178. The van der Waals surface area contributed by atoms with Crippen LogP contribution in [0.15, 0.2) is 16.5 Å². The molecule has 0 amide bonds. The Balaban J connectivity index is 2.10. The number of nitrogens with one attached hydrogen (secondary N) is 1. The molecule has 0 saturated heterocycles. The normalized spacial score (nSPS) is 15.2. The maximum Gasteiger partial charge on any atom is 0.307 e. The number of ether oxygens (including phenoxy) is 1. The lowest BCUT2D eigenvalue weighted by Gasteiger charge is -2.04. The predicted octanol–water partition coefficient (Wildman–Crippen LogP) is 1.15. The molecule has 0 radical (unpaired) electrons. The summed E-state index contributed by atoms with van der Waals surface area (Å²) in [4.78, 5) is 16.2. The van der Waals surface area contributed by atoms with Crippen LogP contribution in [0.3, 0.4) is 0 Å². The number of hydrogen-bond acceptors (Lipinski definition) is 5. The largest absolute Gasteiger partial charge is 0.466 e. The van der Waals surface area contributed by atoms with Gasteiger partial charge in [-0.1, -0.05) is 18.3 Å². The van der Waals surface area contributed by atoms with Gasteiger partial charge in [-0.05, 0) is 6.92 Å². The molecular formula is C9H14N2O2S. The van der Waals surface area contributed by atoms with Crippen LogP contribution in [-0.4, -0.2) is 30.8 Å². The number of carbonyl (C=O) groups is 1. The first-order valence-corrected chi connectivity index (χ1v) is 5.33. The first kappa shape index (κ1) is 11.1. The molecule has 14 heavy (non-hydrogen) atoms. The molecule has 1 aliphatic rings. The van der Waals surface area contributed by atoms with Gasteiger partial charge in [0, 0.05) is 11.4 Å². The van der Waals surface area contributed by atoms with Crippen LogP contribution < -0.4 is 5.32 Å². The second-order valence-electron chi connectivity index (χ2n) is 2.74. The Hall–Kier alpha value is -0.970. The molecule has 1 heterocycles. The first-order chi connectivity index (χ1) is 6.72. The van der Waals surface area contributed by atoms with Crippen molar-refractivity contribution in [1.82, 2.24) is 5.32 Å². The molecule has 5 heteroatoms. The maximum atomic E-state index is 11.0. The van der Waals surface area contributed by atoms with Crippen LogP contribution in [0.2, 0.25) is 0 Å². The average Bonchev–Trinajstić information content (AvgIpc) is 2.52. The molecule has 0 aromatic rings. The van der Waals surface area contributed by atoms with E-state index in [0.29, 0.717) is 26.1 Å². The zero-order valence-electron chi connectivity index (χ0n) is 8.21. The van der Waals surface area contributed by atoms with Gasteiger partial charge in [-0.15, -0.1) is 0 Å². The Bertz CT molecular complexity index is 264. The van der Waals surface area contributed by atoms with Crippen LogP contribution in [0.4, 0.5) is 0 Å². The van der Waals surface area contributed by atoms with Gasteiger partial charge in [0.15, 0.2) is 5.17 Å². The molecule has 0 aromatic carbocycles. The van der Waals surface area contributed by atoms with E-state index in [0.717, 1.165) is 10.1 Å². The number of esters is 1. The van der Waals surface area contributed by atoms with Crippen molar-refractivity contribution in [3.8, 4) is 0 Å². The third-order valence-electron chi connectivity index (χ3n) is 1.55. The Morgan fingerprint density at radius 3 is 3.14 bits per heavy atom. The number of nitrogens with zero attached hydrogens (tertiary/aromatic N) is 1. The van der Waals surface area contributed by atoms with Crippen molar-refractivity contribution in [2.24, 2.45) is 4.99 Å². The molecule has 0 aromatic heterocycles. The van der Waals surface area contributed by atoms with Gasteiger partial charge in [0.25, 0.3) is 0 Å². The van der Waals surface area contributed by atoms with Gasteiger partial charge in [0.1, 0.15) is 0 Å². The van der Waals surface area contributed by atoms with Crippen molar-refractivity contribution >= 4 is 22.9 Å². The van der Waals surface area contributed by atoms with Gasteiger partial charge in [-0.3, -0.25) is 9.79 Å². The van der Waals surface area contributed by atoms with Crippen LogP contribution in [0.5, 0.6) is 0 Å². The molecule has 78 valence electrons. The van der Waals surface area contributed by atoms with Crippen molar-refractivity contribution in [3.63, 3.8) is 0 Å². The van der Waals surface area contributed by atoms with E-state index < -0.39 is 0 Å². The zero-order valence-corrected chi connectivity index (χ0v) is 9.02. The summed E-state index contributed by atoms with van der Waals surface area (Å²) < 4.78 is 4.78. The monoisotopic (exact) mass is 214 g/mol. The van der Waals surface area contributed by atoms with Crippen molar-refractivity contribution in [1.29, 1.82) is 0 Å². The van der Waals surface area contributed by atoms with Gasteiger partial charge in [0.2, 0.25) is 0 Å².